The summed E-state index contributed by atoms with van der Waals surface area (Å²) in [7, 11) is 0. The van der Waals surface area contributed by atoms with E-state index in [-0.39, 0.29) is 5.97 Å². The number of carbonyl (C=O) groups excluding carboxylic acids is 1. The molecule has 0 N–H and O–H groups in total. The molecule has 172 valence electrons. The Morgan fingerprint density at radius 3 is 2.41 bits per heavy atom. The van der Waals surface area contributed by atoms with E-state index in [0.717, 1.165) is 28.9 Å². The van der Waals surface area contributed by atoms with Crippen molar-refractivity contribution in [3.63, 3.8) is 0 Å². The van der Waals surface area contributed by atoms with Gasteiger partial charge in [-0.1, -0.05) is 49.9 Å². The highest BCUT2D eigenvalue weighted by Crippen LogP contribution is 2.38. The van der Waals surface area contributed by atoms with Crippen LogP contribution < -0.4 is 4.74 Å². The maximum atomic E-state index is 12.3. The molecule has 4 nitrogen and oxygen atoms in total. The minimum absolute atomic E-state index is 0.325. The number of rotatable bonds is 10. The number of nitrogens with zero attached hydrogens (tertiary/aromatic N) is 1. The number of ether oxygens (including phenoxy) is 2. The van der Waals surface area contributed by atoms with Gasteiger partial charge < -0.3 is 14.0 Å². The van der Waals surface area contributed by atoms with Crippen molar-refractivity contribution in [3.8, 4) is 16.9 Å². The van der Waals surface area contributed by atoms with Crippen molar-refractivity contribution in [1.82, 2.24) is 4.57 Å². The predicted molar refractivity (Wildman–Crippen MR) is 133 cm³/mol. The molecule has 0 aliphatic rings. The number of aryl methyl sites for hydroxylation is 1. The van der Waals surface area contributed by atoms with Gasteiger partial charge in [-0.2, -0.15) is 0 Å². The summed E-state index contributed by atoms with van der Waals surface area (Å²) in [4.78, 5) is 12.3. The predicted octanol–water partition coefficient (Wildman–Crippen LogP) is 7.57. The number of hydrogen-bond acceptors (Lipinski definition) is 3. The van der Waals surface area contributed by atoms with Crippen molar-refractivity contribution >= 4 is 28.5 Å². The molecule has 0 amide bonds. The molecule has 0 radical (unpaired) electrons. The SMILES string of the molecule is CCCCCCn1c(C)c(-c2ccc(Cl)cc2)c2cc(OC(C)(C)C(=O)OCC)ccc21. The second kappa shape index (κ2) is 10.4. The summed E-state index contributed by atoms with van der Waals surface area (Å²) in [6.45, 7) is 11.0. The lowest BCUT2D eigenvalue weighted by molar-refractivity contribution is -0.158. The van der Waals surface area contributed by atoms with E-state index in [0.29, 0.717) is 12.4 Å². The number of esters is 1. The van der Waals surface area contributed by atoms with Gasteiger partial charge in [0.05, 0.1) is 6.61 Å². The summed E-state index contributed by atoms with van der Waals surface area (Å²) < 4.78 is 13.7. The summed E-state index contributed by atoms with van der Waals surface area (Å²) in [5.41, 5.74) is 3.62. The lowest BCUT2D eigenvalue weighted by Crippen LogP contribution is -2.39. The molecule has 5 heteroatoms. The van der Waals surface area contributed by atoms with Gasteiger partial charge in [0.1, 0.15) is 5.75 Å². The standard InChI is InChI=1S/C27H34ClNO3/c1-6-8-9-10-17-29-19(3)25(20-11-13-21(28)14-12-20)23-18-22(15-16-24(23)29)32-27(4,5)26(30)31-7-2/h11-16,18H,6-10,17H2,1-5H3. The van der Waals surface area contributed by atoms with Crippen LogP contribution in [-0.2, 0) is 16.1 Å². The third-order valence-corrected chi connectivity index (χ3v) is 6.05. The Kier molecular flexibility index (Phi) is 7.89. The van der Waals surface area contributed by atoms with Gasteiger partial charge in [-0.25, -0.2) is 4.79 Å². The second-order valence-electron chi connectivity index (χ2n) is 8.69. The number of fused-ring (bicyclic) bond motifs is 1. The zero-order valence-corrected chi connectivity index (χ0v) is 20.6. The number of benzene rings is 2. The normalized spacial score (nSPS) is 11.7. The molecule has 3 rings (SSSR count). The van der Waals surface area contributed by atoms with Crippen molar-refractivity contribution in [1.29, 1.82) is 0 Å². The first-order valence-corrected chi connectivity index (χ1v) is 11.9. The minimum atomic E-state index is -1.07. The molecule has 32 heavy (non-hydrogen) atoms. The second-order valence-corrected chi connectivity index (χ2v) is 9.13. The van der Waals surface area contributed by atoms with Gasteiger partial charge in [0, 0.05) is 33.7 Å². The van der Waals surface area contributed by atoms with E-state index < -0.39 is 5.60 Å². The van der Waals surface area contributed by atoms with Crippen LogP contribution in [0.1, 0.15) is 59.1 Å². The Hall–Kier alpha value is -2.46. The summed E-state index contributed by atoms with van der Waals surface area (Å²) in [6.07, 6.45) is 4.84. The average Bonchev–Trinajstić information content (AvgIpc) is 3.02. The van der Waals surface area contributed by atoms with Gasteiger partial charge in [-0.3, -0.25) is 0 Å². The average molecular weight is 456 g/mol. The molecule has 3 aromatic rings. The lowest BCUT2D eigenvalue weighted by Gasteiger charge is -2.24. The Morgan fingerprint density at radius 2 is 1.75 bits per heavy atom. The van der Waals surface area contributed by atoms with Crippen LogP contribution in [0.25, 0.3) is 22.0 Å². The van der Waals surface area contributed by atoms with Crippen LogP contribution in [0.3, 0.4) is 0 Å². The Balaban J connectivity index is 2.05. The fourth-order valence-corrected chi connectivity index (χ4v) is 4.26. The zero-order valence-electron chi connectivity index (χ0n) is 19.8. The van der Waals surface area contributed by atoms with Crippen LogP contribution in [0.5, 0.6) is 5.75 Å². The molecule has 0 spiro atoms. The Bertz CT molecular complexity index is 1070. The molecule has 1 aromatic heterocycles. The molecule has 0 bridgehead atoms. The molecule has 1 heterocycles. The van der Waals surface area contributed by atoms with Gasteiger partial charge in [0.25, 0.3) is 0 Å². The van der Waals surface area contributed by atoms with E-state index >= 15 is 0 Å². The van der Waals surface area contributed by atoms with Crippen molar-refractivity contribution in [3.05, 3.63) is 53.2 Å². The van der Waals surface area contributed by atoms with Crippen LogP contribution in [0.15, 0.2) is 42.5 Å². The van der Waals surface area contributed by atoms with E-state index in [1.54, 1.807) is 20.8 Å². The number of halogens is 1. The number of carbonyl (C=O) groups is 1. The monoisotopic (exact) mass is 455 g/mol. The van der Waals surface area contributed by atoms with Crippen LogP contribution >= 0.6 is 11.6 Å². The molecule has 0 aliphatic heterocycles. The summed E-state index contributed by atoms with van der Waals surface area (Å²) in [5, 5.41) is 1.83. The molecule has 0 unspecified atom stereocenters. The van der Waals surface area contributed by atoms with Gasteiger partial charge in [0.2, 0.25) is 0 Å². The first-order chi connectivity index (χ1) is 15.3. The van der Waals surface area contributed by atoms with E-state index in [9.17, 15) is 4.79 Å². The quantitative estimate of drug-likeness (QED) is 0.234. The largest absolute Gasteiger partial charge is 0.476 e. The van der Waals surface area contributed by atoms with E-state index in [1.165, 1.54) is 36.0 Å². The first-order valence-electron chi connectivity index (χ1n) is 11.5. The van der Waals surface area contributed by atoms with Crippen molar-refractivity contribution in [2.45, 2.75) is 72.4 Å². The van der Waals surface area contributed by atoms with Gasteiger partial charge in [-0.15, -0.1) is 0 Å². The molecule has 0 fully saturated rings. The van der Waals surface area contributed by atoms with Crippen LogP contribution in [0.2, 0.25) is 5.02 Å². The van der Waals surface area contributed by atoms with Gasteiger partial charge >= 0.3 is 5.97 Å². The third-order valence-electron chi connectivity index (χ3n) is 5.80. The zero-order chi connectivity index (χ0) is 23.3. The molecule has 0 saturated heterocycles. The summed E-state index contributed by atoms with van der Waals surface area (Å²) >= 11 is 6.14. The maximum Gasteiger partial charge on any atom is 0.349 e. The molecule has 0 aliphatic carbocycles. The Labute approximate surface area is 196 Å². The smallest absolute Gasteiger partial charge is 0.349 e. The highest BCUT2D eigenvalue weighted by Gasteiger charge is 2.32. The first kappa shape index (κ1) is 24.2. The van der Waals surface area contributed by atoms with Gasteiger partial charge in [0.15, 0.2) is 5.60 Å². The number of unbranched alkanes of at least 4 members (excludes halogenated alkanes) is 3. The van der Waals surface area contributed by atoms with Crippen LogP contribution in [-0.4, -0.2) is 22.7 Å². The number of aromatic nitrogens is 1. The highest BCUT2D eigenvalue weighted by molar-refractivity contribution is 6.30. The Morgan fingerprint density at radius 1 is 1.03 bits per heavy atom. The van der Waals surface area contributed by atoms with E-state index in [1.807, 2.05) is 24.3 Å². The molecular formula is C27H34ClNO3. The number of hydrogen-bond donors (Lipinski definition) is 0. The van der Waals surface area contributed by atoms with Crippen LogP contribution in [0, 0.1) is 6.92 Å². The van der Waals surface area contributed by atoms with E-state index in [2.05, 4.69) is 36.6 Å². The molecule has 2 aromatic carbocycles. The van der Waals surface area contributed by atoms with Gasteiger partial charge in [-0.05, 0) is 70.0 Å². The lowest BCUT2D eigenvalue weighted by atomic mass is 10.0. The topological polar surface area (TPSA) is 40.5 Å². The fourth-order valence-electron chi connectivity index (χ4n) is 4.13. The van der Waals surface area contributed by atoms with E-state index in [4.69, 9.17) is 21.1 Å². The third kappa shape index (κ3) is 5.29. The van der Waals surface area contributed by atoms with Crippen LogP contribution in [0.4, 0.5) is 0 Å². The molecular weight excluding hydrogens is 422 g/mol. The highest BCUT2D eigenvalue weighted by atomic mass is 35.5. The molecule has 0 atom stereocenters. The summed E-state index contributed by atoms with van der Waals surface area (Å²) in [6, 6.07) is 14.0. The maximum absolute atomic E-state index is 12.3. The van der Waals surface area contributed by atoms with Crippen molar-refractivity contribution in [2.24, 2.45) is 0 Å². The molecule has 0 saturated carbocycles. The van der Waals surface area contributed by atoms with Crippen molar-refractivity contribution < 1.29 is 14.3 Å². The van der Waals surface area contributed by atoms with Crippen molar-refractivity contribution in [2.75, 3.05) is 6.61 Å². The fraction of sp³-hybridized carbons (Fsp3) is 0.444. The minimum Gasteiger partial charge on any atom is -0.476 e. The summed E-state index contributed by atoms with van der Waals surface area (Å²) in [5.74, 6) is 0.275.